The summed E-state index contributed by atoms with van der Waals surface area (Å²) < 4.78 is 10.9. The minimum Gasteiger partial charge on any atom is -0.480 e. The van der Waals surface area contributed by atoms with Crippen molar-refractivity contribution in [1.82, 2.24) is 5.32 Å². The van der Waals surface area contributed by atoms with E-state index in [1.165, 1.54) is 0 Å². The molecule has 5 nitrogen and oxygen atoms in total. The van der Waals surface area contributed by atoms with Gasteiger partial charge < -0.3 is 14.6 Å². The van der Waals surface area contributed by atoms with E-state index in [9.17, 15) is 9.90 Å². The summed E-state index contributed by atoms with van der Waals surface area (Å²) in [6.45, 7) is 4.79. The van der Waals surface area contributed by atoms with Crippen molar-refractivity contribution in [1.29, 1.82) is 0 Å². The molecular formula is C14H25NO4. The van der Waals surface area contributed by atoms with Crippen LogP contribution in [0.25, 0.3) is 0 Å². The van der Waals surface area contributed by atoms with Gasteiger partial charge in [-0.15, -0.1) is 0 Å². The molecule has 2 unspecified atom stereocenters. The first-order valence-electron chi connectivity index (χ1n) is 7.27. The molecular weight excluding hydrogens is 246 g/mol. The number of hydrogen-bond donors (Lipinski definition) is 2. The molecule has 2 atom stereocenters. The zero-order valence-corrected chi connectivity index (χ0v) is 11.7. The highest BCUT2D eigenvalue weighted by Crippen LogP contribution is 2.25. The lowest BCUT2D eigenvalue weighted by molar-refractivity contribution is -0.144. The second kappa shape index (κ2) is 6.68. The van der Waals surface area contributed by atoms with Crippen molar-refractivity contribution in [2.75, 3.05) is 26.4 Å². The minimum absolute atomic E-state index is 0.401. The zero-order valence-electron chi connectivity index (χ0n) is 11.7. The van der Waals surface area contributed by atoms with Gasteiger partial charge in [-0.25, -0.2) is 0 Å². The maximum absolute atomic E-state index is 11.3. The number of carboxylic acids is 1. The number of ether oxygens (including phenoxy) is 2. The van der Waals surface area contributed by atoms with Gasteiger partial charge in [0.15, 0.2) is 0 Å². The Balaban J connectivity index is 1.60. The Morgan fingerprint density at radius 2 is 2.26 bits per heavy atom. The quantitative estimate of drug-likeness (QED) is 0.621. The van der Waals surface area contributed by atoms with Crippen LogP contribution in [0.1, 0.15) is 39.0 Å². The molecule has 0 aromatic rings. The smallest absolute Gasteiger partial charge is 0.323 e. The maximum Gasteiger partial charge on any atom is 0.323 e. The molecule has 0 bridgehead atoms. The van der Waals surface area contributed by atoms with Gasteiger partial charge in [0.05, 0.1) is 13.2 Å². The maximum atomic E-state index is 11.3. The first-order chi connectivity index (χ1) is 9.10. The van der Waals surface area contributed by atoms with Crippen LogP contribution in [0.15, 0.2) is 0 Å². The van der Waals surface area contributed by atoms with Crippen LogP contribution in [-0.2, 0) is 14.3 Å². The van der Waals surface area contributed by atoms with E-state index in [0.717, 1.165) is 45.5 Å². The summed E-state index contributed by atoms with van der Waals surface area (Å²) in [7, 11) is 0. The Hall–Kier alpha value is -0.650. The Morgan fingerprint density at radius 3 is 2.84 bits per heavy atom. The molecule has 1 aliphatic heterocycles. The third kappa shape index (κ3) is 4.75. The van der Waals surface area contributed by atoms with Crippen molar-refractivity contribution in [3.63, 3.8) is 0 Å². The van der Waals surface area contributed by atoms with E-state index in [4.69, 9.17) is 9.47 Å². The second-order valence-corrected chi connectivity index (χ2v) is 5.96. The topological polar surface area (TPSA) is 67.8 Å². The van der Waals surface area contributed by atoms with Crippen molar-refractivity contribution in [3.8, 4) is 0 Å². The fraction of sp³-hybridized carbons (Fsp3) is 0.929. The molecule has 0 radical (unpaired) electrons. The molecule has 0 aromatic heterocycles. The van der Waals surface area contributed by atoms with Crippen LogP contribution in [0, 0.1) is 5.92 Å². The summed E-state index contributed by atoms with van der Waals surface area (Å²) in [6, 6.07) is 0.401. The largest absolute Gasteiger partial charge is 0.480 e. The van der Waals surface area contributed by atoms with Crippen LogP contribution in [-0.4, -0.2) is 49.1 Å². The van der Waals surface area contributed by atoms with E-state index in [0.29, 0.717) is 25.0 Å². The number of carbonyl (C=O) groups is 1. The Kier molecular flexibility index (Phi) is 5.19. The lowest BCUT2D eigenvalue weighted by atomic mass is 9.96. The summed E-state index contributed by atoms with van der Waals surface area (Å²) in [4.78, 5) is 11.3. The lowest BCUT2D eigenvalue weighted by Crippen LogP contribution is -2.50. The average molecular weight is 271 g/mol. The van der Waals surface area contributed by atoms with Crippen molar-refractivity contribution in [2.45, 2.75) is 50.6 Å². The molecule has 2 N–H and O–H groups in total. The lowest BCUT2D eigenvalue weighted by Gasteiger charge is -2.26. The second-order valence-electron chi connectivity index (χ2n) is 5.96. The summed E-state index contributed by atoms with van der Waals surface area (Å²) in [5, 5.41) is 12.5. The minimum atomic E-state index is -0.805. The third-order valence-electron chi connectivity index (χ3n) is 3.92. The van der Waals surface area contributed by atoms with Gasteiger partial charge in [0.1, 0.15) is 5.54 Å². The van der Waals surface area contributed by atoms with Crippen molar-refractivity contribution < 1.29 is 19.4 Å². The van der Waals surface area contributed by atoms with Crippen LogP contribution < -0.4 is 5.32 Å². The molecule has 2 rings (SSSR count). The van der Waals surface area contributed by atoms with Crippen LogP contribution in [0.4, 0.5) is 0 Å². The van der Waals surface area contributed by atoms with E-state index in [2.05, 4.69) is 5.32 Å². The molecule has 0 aromatic carbocycles. The van der Waals surface area contributed by atoms with Gasteiger partial charge in [0.25, 0.3) is 0 Å². The molecule has 1 heterocycles. The van der Waals surface area contributed by atoms with Crippen LogP contribution >= 0.6 is 0 Å². The summed E-state index contributed by atoms with van der Waals surface area (Å²) in [5.41, 5.74) is -0.805. The van der Waals surface area contributed by atoms with E-state index in [1.807, 2.05) is 0 Å². The molecule has 0 spiro atoms. The summed E-state index contributed by atoms with van der Waals surface area (Å²) in [6.07, 6.45) is 4.66. The predicted molar refractivity (Wildman–Crippen MR) is 71.2 cm³/mol. The standard InChI is InChI=1S/C14H25NO4/c1-14(13(16)17,15-12-3-4-12)6-2-7-18-9-11-5-8-19-10-11/h11-12,15H,2-10H2,1H3,(H,16,17). The predicted octanol–water partition coefficient (Wildman–Crippen LogP) is 1.41. The van der Waals surface area contributed by atoms with Crippen molar-refractivity contribution in [2.24, 2.45) is 5.92 Å². The van der Waals surface area contributed by atoms with Crippen LogP contribution in [0.5, 0.6) is 0 Å². The molecule has 1 aliphatic carbocycles. The summed E-state index contributed by atoms with van der Waals surface area (Å²) in [5.74, 6) is -0.237. The number of nitrogens with one attached hydrogen (secondary N) is 1. The van der Waals surface area contributed by atoms with Gasteiger partial charge in [0.2, 0.25) is 0 Å². The molecule has 2 fully saturated rings. The molecule has 1 saturated carbocycles. The molecule has 0 amide bonds. The number of hydrogen-bond acceptors (Lipinski definition) is 4. The van der Waals surface area contributed by atoms with Crippen LogP contribution in [0.2, 0.25) is 0 Å². The van der Waals surface area contributed by atoms with Crippen LogP contribution in [0.3, 0.4) is 0 Å². The monoisotopic (exact) mass is 271 g/mol. The van der Waals surface area contributed by atoms with E-state index < -0.39 is 11.5 Å². The fourth-order valence-corrected chi connectivity index (χ4v) is 2.41. The molecule has 1 saturated heterocycles. The zero-order chi connectivity index (χ0) is 13.7. The highest BCUT2D eigenvalue weighted by molar-refractivity contribution is 5.78. The van der Waals surface area contributed by atoms with Gasteiger partial charge >= 0.3 is 5.97 Å². The average Bonchev–Trinajstić information content (AvgIpc) is 3.02. The van der Waals surface area contributed by atoms with Crippen molar-refractivity contribution in [3.05, 3.63) is 0 Å². The van der Waals surface area contributed by atoms with E-state index in [1.54, 1.807) is 6.92 Å². The molecule has 110 valence electrons. The first-order valence-corrected chi connectivity index (χ1v) is 7.27. The summed E-state index contributed by atoms with van der Waals surface area (Å²) >= 11 is 0. The van der Waals surface area contributed by atoms with E-state index >= 15 is 0 Å². The highest BCUT2D eigenvalue weighted by atomic mass is 16.5. The van der Waals surface area contributed by atoms with Gasteiger partial charge in [-0.3, -0.25) is 10.1 Å². The molecule has 2 aliphatic rings. The first kappa shape index (κ1) is 14.8. The number of rotatable bonds is 9. The van der Waals surface area contributed by atoms with E-state index in [-0.39, 0.29) is 0 Å². The molecule has 19 heavy (non-hydrogen) atoms. The Labute approximate surface area is 114 Å². The Bertz CT molecular complexity index is 300. The van der Waals surface area contributed by atoms with Gasteiger partial charge in [0, 0.05) is 25.2 Å². The number of carboxylic acid groups (broad SMARTS) is 1. The normalized spacial score (nSPS) is 26.3. The number of aliphatic carboxylic acids is 1. The Morgan fingerprint density at radius 1 is 1.47 bits per heavy atom. The highest BCUT2D eigenvalue weighted by Gasteiger charge is 2.37. The third-order valence-corrected chi connectivity index (χ3v) is 3.92. The van der Waals surface area contributed by atoms with Gasteiger partial charge in [-0.1, -0.05) is 0 Å². The van der Waals surface area contributed by atoms with Gasteiger partial charge in [-0.2, -0.15) is 0 Å². The van der Waals surface area contributed by atoms with Crippen molar-refractivity contribution >= 4 is 5.97 Å². The molecule has 5 heteroatoms. The fourth-order valence-electron chi connectivity index (χ4n) is 2.41. The SMILES string of the molecule is CC(CCCOCC1CCOC1)(NC1CC1)C(=O)O. The van der Waals surface area contributed by atoms with Gasteiger partial charge in [-0.05, 0) is 39.0 Å².